The Bertz CT molecular complexity index is 521. The third-order valence-electron chi connectivity index (χ3n) is 2.64. The van der Waals surface area contributed by atoms with Crippen molar-refractivity contribution in [2.24, 2.45) is 0 Å². The van der Waals surface area contributed by atoms with Gasteiger partial charge in [-0.25, -0.2) is 4.79 Å². The second-order valence-corrected chi connectivity index (χ2v) is 5.68. The Morgan fingerprint density at radius 3 is 2.67 bits per heavy atom. The van der Waals surface area contributed by atoms with Gasteiger partial charge in [-0.05, 0) is 39.3 Å². The molecule has 0 fully saturated rings. The fraction of sp³-hybridized carbons (Fsp3) is 0.571. The van der Waals surface area contributed by atoms with Crippen LogP contribution in [0.1, 0.15) is 38.9 Å². The number of aromatic nitrogens is 1. The zero-order chi connectivity index (χ0) is 16.0. The van der Waals surface area contributed by atoms with Crippen LogP contribution in [0.25, 0.3) is 0 Å². The van der Waals surface area contributed by atoms with Gasteiger partial charge in [0.2, 0.25) is 0 Å². The number of hydrogen-bond donors (Lipinski definition) is 4. The maximum atomic E-state index is 11.5. The summed E-state index contributed by atoms with van der Waals surface area (Å²) in [5.74, 6) is 0. The highest BCUT2D eigenvalue weighted by Crippen LogP contribution is 2.14. The van der Waals surface area contributed by atoms with E-state index in [0.29, 0.717) is 0 Å². The highest BCUT2D eigenvalue weighted by atomic mass is 16.6. The zero-order valence-electron chi connectivity index (χ0n) is 12.4. The molecule has 4 N–H and O–H groups in total. The lowest BCUT2D eigenvalue weighted by Crippen LogP contribution is -2.35. The van der Waals surface area contributed by atoms with Gasteiger partial charge < -0.3 is 25.3 Å². The van der Waals surface area contributed by atoms with Gasteiger partial charge >= 0.3 is 6.09 Å². The Labute approximate surface area is 123 Å². The van der Waals surface area contributed by atoms with E-state index in [1.165, 1.54) is 12.3 Å². The number of ether oxygens (including phenoxy) is 1. The summed E-state index contributed by atoms with van der Waals surface area (Å²) in [5.41, 5.74) is -0.967. The predicted octanol–water partition coefficient (Wildman–Crippen LogP) is 0.684. The van der Waals surface area contributed by atoms with Crippen molar-refractivity contribution in [1.82, 2.24) is 10.3 Å². The smallest absolute Gasteiger partial charge is 0.407 e. The van der Waals surface area contributed by atoms with E-state index in [2.05, 4.69) is 10.3 Å². The number of carbonyl (C=O) groups excluding carboxylic acids is 1. The van der Waals surface area contributed by atoms with Crippen LogP contribution in [-0.2, 0) is 4.74 Å². The lowest BCUT2D eigenvalue weighted by atomic mass is 10.0. The minimum absolute atomic E-state index is 0.0854. The molecular weight excluding hydrogens is 276 g/mol. The Kier molecular flexibility index (Phi) is 5.92. The highest BCUT2D eigenvalue weighted by Gasteiger charge is 2.21. The van der Waals surface area contributed by atoms with Gasteiger partial charge in [-0.3, -0.25) is 4.79 Å². The van der Waals surface area contributed by atoms with Crippen molar-refractivity contribution in [3.8, 4) is 0 Å². The van der Waals surface area contributed by atoms with Crippen LogP contribution in [0.2, 0.25) is 0 Å². The van der Waals surface area contributed by atoms with E-state index in [-0.39, 0.29) is 18.5 Å². The van der Waals surface area contributed by atoms with Crippen molar-refractivity contribution >= 4 is 6.09 Å². The molecule has 0 aliphatic heterocycles. The average Bonchev–Trinajstić information content (AvgIpc) is 2.36. The molecule has 0 aromatic carbocycles. The number of alkyl carbamates (subject to hydrolysis) is 1. The molecule has 21 heavy (non-hydrogen) atoms. The molecule has 1 aromatic rings. The number of amides is 1. The number of H-pyrrole nitrogens is 1. The number of carbonyl (C=O) groups is 1. The second kappa shape index (κ2) is 7.24. The van der Waals surface area contributed by atoms with Crippen molar-refractivity contribution in [3.63, 3.8) is 0 Å². The number of pyridine rings is 1. The summed E-state index contributed by atoms with van der Waals surface area (Å²) in [6, 6.07) is 3.00. The molecule has 118 valence electrons. The molecule has 2 atom stereocenters. The van der Waals surface area contributed by atoms with Crippen LogP contribution in [0.5, 0.6) is 0 Å². The van der Waals surface area contributed by atoms with Crippen LogP contribution in [0, 0.1) is 0 Å². The first-order valence-electron chi connectivity index (χ1n) is 6.71. The largest absolute Gasteiger partial charge is 0.444 e. The summed E-state index contributed by atoms with van der Waals surface area (Å²) >= 11 is 0. The zero-order valence-corrected chi connectivity index (χ0v) is 12.4. The fourth-order valence-electron chi connectivity index (χ4n) is 1.67. The first-order chi connectivity index (χ1) is 9.70. The van der Waals surface area contributed by atoms with Gasteiger partial charge in [-0.1, -0.05) is 0 Å². The fourth-order valence-corrected chi connectivity index (χ4v) is 1.67. The summed E-state index contributed by atoms with van der Waals surface area (Å²) in [6.07, 6.45) is -1.54. The molecule has 2 unspecified atom stereocenters. The van der Waals surface area contributed by atoms with Gasteiger partial charge in [-0.2, -0.15) is 0 Å². The SMILES string of the molecule is CC(C)(C)OC(=O)NCCC(O)C(O)c1ccc[nH]c1=O. The van der Waals surface area contributed by atoms with E-state index in [1.54, 1.807) is 26.8 Å². The molecule has 0 aliphatic carbocycles. The lowest BCUT2D eigenvalue weighted by molar-refractivity contribution is 0.0115. The lowest BCUT2D eigenvalue weighted by Gasteiger charge is -2.21. The van der Waals surface area contributed by atoms with E-state index in [1.807, 2.05) is 0 Å². The third kappa shape index (κ3) is 5.97. The first kappa shape index (κ1) is 17.2. The Morgan fingerprint density at radius 2 is 2.10 bits per heavy atom. The first-order valence-corrected chi connectivity index (χ1v) is 6.71. The summed E-state index contributed by atoms with van der Waals surface area (Å²) in [7, 11) is 0. The average molecular weight is 298 g/mol. The van der Waals surface area contributed by atoms with Crippen molar-refractivity contribution in [2.75, 3.05) is 6.54 Å². The minimum Gasteiger partial charge on any atom is -0.444 e. The molecule has 0 aliphatic rings. The monoisotopic (exact) mass is 298 g/mol. The number of nitrogens with one attached hydrogen (secondary N) is 2. The van der Waals surface area contributed by atoms with Crippen molar-refractivity contribution < 1.29 is 19.7 Å². The van der Waals surface area contributed by atoms with E-state index in [0.717, 1.165) is 0 Å². The van der Waals surface area contributed by atoms with Crippen LogP contribution in [0.15, 0.2) is 23.1 Å². The molecule has 0 spiro atoms. The topological polar surface area (TPSA) is 112 Å². The third-order valence-corrected chi connectivity index (χ3v) is 2.64. The van der Waals surface area contributed by atoms with E-state index in [9.17, 15) is 19.8 Å². The van der Waals surface area contributed by atoms with Crippen LogP contribution < -0.4 is 10.9 Å². The molecule has 1 rings (SSSR count). The van der Waals surface area contributed by atoms with Crippen molar-refractivity contribution in [2.45, 2.75) is 45.0 Å². The molecule has 0 bridgehead atoms. The van der Waals surface area contributed by atoms with Gasteiger partial charge in [-0.15, -0.1) is 0 Å². The van der Waals surface area contributed by atoms with E-state index in [4.69, 9.17) is 4.74 Å². The van der Waals surface area contributed by atoms with Gasteiger partial charge in [0.15, 0.2) is 0 Å². The summed E-state index contributed by atoms with van der Waals surface area (Å²) < 4.78 is 5.03. The molecule has 0 saturated carbocycles. The van der Waals surface area contributed by atoms with E-state index < -0.39 is 29.5 Å². The normalized spacial score (nSPS) is 14.3. The highest BCUT2D eigenvalue weighted by molar-refractivity contribution is 5.67. The Hall–Kier alpha value is -1.86. The maximum absolute atomic E-state index is 11.5. The van der Waals surface area contributed by atoms with Crippen molar-refractivity contribution in [3.05, 3.63) is 34.2 Å². The van der Waals surface area contributed by atoms with Crippen LogP contribution in [-0.4, -0.2) is 39.5 Å². The molecule has 0 saturated heterocycles. The van der Waals surface area contributed by atoms with Gasteiger partial charge in [0.1, 0.15) is 11.7 Å². The Balaban J connectivity index is 2.44. The maximum Gasteiger partial charge on any atom is 0.407 e. The van der Waals surface area contributed by atoms with Crippen molar-refractivity contribution in [1.29, 1.82) is 0 Å². The summed E-state index contributed by atoms with van der Waals surface area (Å²) in [6.45, 7) is 5.35. The van der Waals surface area contributed by atoms with Crippen LogP contribution >= 0.6 is 0 Å². The predicted molar refractivity (Wildman–Crippen MR) is 76.9 cm³/mol. The van der Waals surface area contributed by atoms with Gasteiger partial charge in [0.05, 0.1) is 6.10 Å². The molecule has 1 heterocycles. The molecule has 7 heteroatoms. The van der Waals surface area contributed by atoms with Crippen LogP contribution in [0.4, 0.5) is 4.79 Å². The number of hydrogen-bond acceptors (Lipinski definition) is 5. The van der Waals surface area contributed by atoms with Gasteiger partial charge in [0.25, 0.3) is 5.56 Å². The molecule has 0 radical (unpaired) electrons. The quantitative estimate of drug-likeness (QED) is 0.639. The Morgan fingerprint density at radius 1 is 1.43 bits per heavy atom. The number of aromatic amines is 1. The molecular formula is C14H22N2O5. The molecule has 1 aromatic heterocycles. The molecule has 1 amide bonds. The number of aliphatic hydroxyl groups excluding tert-OH is 2. The van der Waals surface area contributed by atoms with Crippen LogP contribution in [0.3, 0.4) is 0 Å². The van der Waals surface area contributed by atoms with E-state index >= 15 is 0 Å². The summed E-state index contributed by atoms with van der Waals surface area (Å²) in [5, 5.41) is 22.2. The minimum atomic E-state index is -1.31. The second-order valence-electron chi connectivity index (χ2n) is 5.68. The number of rotatable bonds is 5. The number of aliphatic hydroxyl groups is 2. The van der Waals surface area contributed by atoms with Gasteiger partial charge in [0, 0.05) is 18.3 Å². The molecule has 7 nitrogen and oxygen atoms in total. The summed E-state index contributed by atoms with van der Waals surface area (Å²) in [4.78, 5) is 25.3. The standard InChI is InChI=1S/C14H22N2O5/c1-14(2,3)21-13(20)16-8-6-10(17)11(18)9-5-4-7-15-12(9)19/h4-5,7,10-11,17-18H,6,8H2,1-3H3,(H,15,19)(H,16,20).